The zero-order chi connectivity index (χ0) is 10.2. The Labute approximate surface area is 96.5 Å². The van der Waals surface area contributed by atoms with Crippen LogP contribution in [0.1, 0.15) is 36.6 Å². The molecular formula is C12H18S2. The van der Waals surface area contributed by atoms with Gasteiger partial charge in [-0.25, -0.2) is 0 Å². The minimum absolute atomic E-state index is 0.937. The molecule has 0 spiro atoms. The van der Waals surface area contributed by atoms with Crippen molar-refractivity contribution in [1.82, 2.24) is 0 Å². The first-order chi connectivity index (χ1) is 6.88. The van der Waals surface area contributed by atoms with E-state index in [9.17, 15) is 0 Å². The molecule has 1 aromatic heterocycles. The summed E-state index contributed by atoms with van der Waals surface area (Å²) in [5, 5.41) is 2.19. The minimum Gasteiger partial charge on any atom is -0.179 e. The van der Waals surface area contributed by atoms with Crippen molar-refractivity contribution in [2.45, 2.75) is 32.6 Å². The number of unbranched alkanes of at least 4 members (excludes halogenated alkanes) is 1. The van der Waals surface area contributed by atoms with E-state index in [0.29, 0.717) is 0 Å². The summed E-state index contributed by atoms with van der Waals surface area (Å²) in [5.41, 5.74) is 1.51. The van der Waals surface area contributed by atoms with Crippen molar-refractivity contribution in [3.05, 3.63) is 28.0 Å². The van der Waals surface area contributed by atoms with Crippen molar-refractivity contribution in [2.24, 2.45) is 0 Å². The molecule has 0 saturated heterocycles. The zero-order valence-corrected chi connectivity index (χ0v) is 10.4. The second-order valence-corrected chi connectivity index (χ2v) is 4.72. The topological polar surface area (TPSA) is 0 Å². The molecule has 0 unspecified atom stereocenters. The molecule has 0 bridgehead atoms. The fraction of sp³-hybridized carbons (Fsp3) is 0.500. The molecule has 0 aromatic carbocycles. The Morgan fingerprint density at radius 3 is 3.07 bits per heavy atom. The van der Waals surface area contributed by atoms with Gasteiger partial charge in [0, 0.05) is 4.88 Å². The summed E-state index contributed by atoms with van der Waals surface area (Å²) in [5.74, 6) is 0.937. The lowest BCUT2D eigenvalue weighted by molar-refractivity contribution is 0.796. The molecule has 0 aliphatic rings. The molecule has 1 aromatic rings. The summed E-state index contributed by atoms with van der Waals surface area (Å²) in [7, 11) is 0. The van der Waals surface area contributed by atoms with Gasteiger partial charge in [-0.2, -0.15) is 12.6 Å². The van der Waals surface area contributed by atoms with Crippen LogP contribution in [0.4, 0.5) is 0 Å². The fourth-order valence-corrected chi connectivity index (χ4v) is 2.36. The van der Waals surface area contributed by atoms with Crippen molar-refractivity contribution >= 4 is 30.0 Å². The molecule has 0 nitrogen and oxygen atoms in total. The third-order valence-corrected chi connectivity index (χ3v) is 3.33. The largest absolute Gasteiger partial charge is 0.179 e. The first-order valence-electron chi connectivity index (χ1n) is 5.22. The predicted molar refractivity (Wildman–Crippen MR) is 70.4 cm³/mol. The first-order valence-corrected chi connectivity index (χ1v) is 6.73. The van der Waals surface area contributed by atoms with Gasteiger partial charge in [0.05, 0.1) is 0 Å². The Morgan fingerprint density at radius 2 is 2.36 bits per heavy atom. The van der Waals surface area contributed by atoms with E-state index in [2.05, 4.69) is 43.2 Å². The highest BCUT2D eigenvalue weighted by atomic mass is 32.1. The Kier molecular flexibility index (Phi) is 6.04. The van der Waals surface area contributed by atoms with Crippen LogP contribution in [0.25, 0.3) is 6.08 Å². The highest BCUT2D eigenvalue weighted by Gasteiger charge is 1.99. The Bertz CT molecular complexity index is 274. The molecular weight excluding hydrogens is 208 g/mol. The maximum absolute atomic E-state index is 4.19. The van der Waals surface area contributed by atoms with Gasteiger partial charge in [0.25, 0.3) is 0 Å². The van der Waals surface area contributed by atoms with Gasteiger partial charge in [-0.1, -0.05) is 19.4 Å². The summed E-state index contributed by atoms with van der Waals surface area (Å²) in [6.45, 7) is 2.24. The summed E-state index contributed by atoms with van der Waals surface area (Å²) >= 11 is 6.03. The van der Waals surface area contributed by atoms with Crippen molar-refractivity contribution in [3.63, 3.8) is 0 Å². The molecule has 2 heteroatoms. The number of rotatable bonds is 6. The first kappa shape index (κ1) is 11.9. The summed E-state index contributed by atoms with van der Waals surface area (Å²) in [4.78, 5) is 1.43. The van der Waals surface area contributed by atoms with E-state index in [0.717, 1.165) is 12.2 Å². The van der Waals surface area contributed by atoms with Crippen LogP contribution in [0.15, 0.2) is 17.5 Å². The van der Waals surface area contributed by atoms with Gasteiger partial charge in [-0.3, -0.25) is 0 Å². The molecule has 0 saturated carbocycles. The fourth-order valence-electron chi connectivity index (χ4n) is 1.33. The highest BCUT2D eigenvalue weighted by molar-refractivity contribution is 7.80. The second kappa shape index (κ2) is 7.13. The maximum atomic E-state index is 4.19. The number of hydrogen-bond acceptors (Lipinski definition) is 2. The average Bonchev–Trinajstić information content (AvgIpc) is 2.63. The molecule has 0 radical (unpaired) electrons. The lowest BCUT2D eigenvalue weighted by atomic mass is 10.1. The van der Waals surface area contributed by atoms with Gasteiger partial charge in [0.1, 0.15) is 0 Å². The SMILES string of the molecule is CCCCc1ccsc1C=CCCS. The highest BCUT2D eigenvalue weighted by Crippen LogP contribution is 2.20. The van der Waals surface area contributed by atoms with E-state index in [1.165, 1.54) is 29.7 Å². The van der Waals surface area contributed by atoms with Crippen LogP contribution in [-0.2, 0) is 6.42 Å². The lowest BCUT2D eigenvalue weighted by Gasteiger charge is -1.97. The summed E-state index contributed by atoms with van der Waals surface area (Å²) in [6, 6.07) is 2.25. The van der Waals surface area contributed by atoms with Crippen LogP contribution in [0.3, 0.4) is 0 Å². The van der Waals surface area contributed by atoms with Crippen molar-refractivity contribution in [2.75, 3.05) is 5.75 Å². The molecule has 14 heavy (non-hydrogen) atoms. The van der Waals surface area contributed by atoms with Gasteiger partial charge in [-0.15, -0.1) is 11.3 Å². The van der Waals surface area contributed by atoms with Gasteiger partial charge in [-0.05, 0) is 48.1 Å². The van der Waals surface area contributed by atoms with Crippen LogP contribution < -0.4 is 0 Å². The van der Waals surface area contributed by atoms with E-state index >= 15 is 0 Å². The molecule has 0 aliphatic carbocycles. The van der Waals surface area contributed by atoms with Crippen LogP contribution in [0.2, 0.25) is 0 Å². The third-order valence-electron chi connectivity index (χ3n) is 2.15. The predicted octanol–water partition coefficient (Wildman–Crippen LogP) is 4.42. The normalized spacial score (nSPS) is 11.3. The quantitative estimate of drug-likeness (QED) is 0.682. The van der Waals surface area contributed by atoms with Crippen molar-refractivity contribution in [1.29, 1.82) is 0 Å². The van der Waals surface area contributed by atoms with Crippen LogP contribution in [0, 0.1) is 0 Å². The van der Waals surface area contributed by atoms with Crippen molar-refractivity contribution in [3.8, 4) is 0 Å². The Morgan fingerprint density at radius 1 is 1.50 bits per heavy atom. The van der Waals surface area contributed by atoms with Crippen LogP contribution >= 0.6 is 24.0 Å². The van der Waals surface area contributed by atoms with Gasteiger partial charge in [0.15, 0.2) is 0 Å². The number of thiol groups is 1. The average molecular weight is 226 g/mol. The Balaban J connectivity index is 2.53. The molecule has 0 aliphatic heterocycles. The number of thiophene rings is 1. The van der Waals surface area contributed by atoms with Gasteiger partial charge < -0.3 is 0 Å². The molecule has 1 heterocycles. The lowest BCUT2D eigenvalue weighted by Crippen LogP contribution is -1.83. The van der Waals surface area contributed by atoms with E-state index in [4.69, 9.17) is 0 Å². The third kappa shape index (κ3) is 3.89. The van der Waals surface area contributed by atoms with Crippen LogP contribution in [0.5, 0.6) is 0 Å². The second-order valence-electron chi connectivity index (χ2n) is 3.33. The Hall–Kier alpha value is -0.210. The molecule has 0 fully saturated rings. The molecule has 78 valence electrons. The number of aryl methyl sites for hydroxylation is 1. The summed E-state index contributed by atoms with van der Waals surface area (Å²) in [6.07, 6.45) is 9.31. The van der Waals surface area contributed by atoms with Gasteiger partial charge >= 0.3 is 0 Å². The molecule has 0 atom stereocenters. The zero-order valence-electron chi connectivity index (χ0n) is 8.70. The van der Waals surface area contributed by atoms with E-state index < -0.39 is 0 Å². The molecule has 0 amide bonds. The number of hydrogen-bond donors (Lipinski definition) is 1. The maximum Gasteiger partial charge on any atom is 0.0299 e. The van der Waals surface area contributed by atoms with Crippen LogP contribution in [-0.4, -0.2) is 5.75 Å². The summed E-state index contributed by atoms with van der Waals surface area (Å²) < 4.78 is 0. The number of allylic oxidation sites excluding steroid dienone is 1. The smallest absolute Gasteiger partial charge is 0.0299 e. The van der Waals surface area contributed by atoms with E-state index in [-0.39, 0.29) is 0 Å². The molecule has 0 N–H and O–H groups in total. The van der Waals surface area contributed by atoms with E-state index in [1.54, 1.807) is 0 Å². The van der Waals surface area contributed by atoms with Crippen molar-refractivity contribution < 1.29 is 0 Å². The standard InChI is InChI=1S/C12H18S2/c1-2-3-6-11-8-10-14-12(11)7-4-5-9-13/h4,7-8,10,13H,2-3,5-6,9H2,1H3. The minimum atomic E-state index is 0.937. The molecule has 1 rings (SSSR count). The van der Waals surface area contributed by atoms with E-state index in [1.807, 2.05) is 11.3 Å². The van der Waals surface area contributed by atoms with Gasteiger partial charge in [0.2, 0.25) is 0 Å². The monoisotopic (exact) mass is 226 g/mol.